The van der Waals surface area contributed by atoms with Gasteiger partial charge in [0.1, 0.15) is 11.3 Å². The molecule has 0 atom stereocenters. The molecule has 6 heteroatoms. The van der Waals surface area contributed by atoms with Gasteiger partial charge in [-0.15, -0.1) is 0 Å². The Morgan fingerprint density at radius 3 is 2.65 bits per heavy atom. The molecule has 0 aromatic heterocycles. The van der Waals surface area contributed by atoms with Crippen molar-refractivity contribution in [1.82, 2.24) is 0 Å². The zero-order chi connectivity index (χ0) is 12.8. The molecule has 3 N–H and O–H groups in total. The van der Waals surface area contributed by atoms with Crippen molar-refractivity contribution in [2.24, 2.45) is 0 Å². The number of carbonyl (C=O) groups is 2. The molecule has 0 aliphatic rings. The quantitative estimate of drug-likeness (QED) is 0.537. The second-order valence-electron chi connectivity index (χ2n) is 3.04. The van der Waals surface area contributed by atoms with Gasteiger partial charge in [0.2, 0.25) is 0 Å². The van der Waals surface area contributed by atoms with E-state index in [-0.39, 0.29) is 11.3 Å². The minimum absolute atomic E-state index is 0.0419. The lowest BCUT2D eigenvalue weighted by atomic mass is 10.2. The highest BCUT2D eigenvalue weighted by molar-refractivity contribution is 5.93. The van der Waals surface area contributed by atoms with Crippen molar-refractivity contribution in [2.75, 3.05) is 12.4 Å². The summed E-state index contributed by atoms with van der Waals surface area (Å²) in [7, 11) is 1.21. The highest BCUT2D eigenvalue weighted by Gasteiger charge is 2.10. The summed E-state index contributed by atoms with van der Waals surface area (Å²) in [5.74, 6) is -1.98. The molecule has 0 radical (unpaired) electrons. The standard InChI is InChI=1S/C11H11NO5/c1-17-11(16)8-3-2-7(6-9(8)13)12-5-4-10(14)15/h2-6,12-13H,1H3,(H,14,15). The number of nitrogens with one attached hydrogen (secondary N) is 1. The summed E-state index contributed by atoms with van der Waals surface area (Å²) in [6.45, 7) is 0. The molecule has 6 nitrogen and oxygen atoms in total. The first-order valence-corrected chi connectivity index (χ1v) is 4.62. The number of phenolic OH excluding ortho intramolecular Hbond substituents is 1. The Balaban J connectivity index is 2.82. The van der Waals surface area contributed by atoms with E-state index in [1.165, 1.54) is 31.5 Å². The number of aliphatic carboxylic acids is 1. The summed E-state index contributed by atoms with van der Waals surface area (Å²) >= 11 is 0. The molecule has 90 valence electrons. The van der Waals surface area contributed by atoms with E-state index in [4.69, 9.17) is 5.11 Å². The lowest BCUT2D eigenvalue weighted by molar-refractivity contribution is -0.131. The first-order chi connectivity index (χ1) is 8.04. The maximum Gasteiger partial charge on any atom is 0.341 e. The van der Waals surface area contributed by atoms with E-state index in [9.17, 15) is 14.7 Å². The average molecular weight is 237 g/mol. The number of carboxylic acids is 1. The number of carbonyl (C=O) groups excluding carboxylic acids is 1. The number of benzene rings is 1. The van der Waals surface area contributed by atoms with E-state index in [0.717, 1.165) is 6.08 Å². The van der Waals surface area contributed by atoms with Crippen LogP contribution in [0.1, 0.15) is 10.4 Å². The summed E-state index contributed by atoms with van der Waals surface area (Å²) in [5.41, 5.74) is 0.493. The fourth-order valence-electron chi connectivity index (χ4n) is 1.11. The normalized spacial score (nSPS) is 10.2. The molecule has 0 heterocycles. The van der Waals surface area contributed by atoms with Gasteiger partial charge >= 0.3 is 11.9 Å². The van der Waals surface area contributed by atoms with E-state index >= 15 is 0 Å². The Kier molecular flexibility index (Phi) is 4.10. The summed E-state index contributed by atoms with van der Waals surface area (Å²) < 4.78 is 4.46. The lowest BCUT2D eigenvalue weighted by Crippen LogP contribution is -2.01. The molecule has 0 unspecified atom stereocenters. The molecular formula is C11H11NO5. The summed E-state index contributed by atoms with van der Waals surface area (Å²) in [6.07, 6.45) is 2.11. The number of ether oxygens (including phenoxy) is 1. The van der Waals surface area contributed by atoms with Crippen LogP contribution < -0.4 is 5.32 Å². The molecule has 0 spiro atoms. The van der Waals surface area contributed by atoms with Gasteiger partial charge < -0.3 is 20.3 Å². The van der Waals surface area contributed by atoms with E-state index in [1.807, 2.05) is 0 Å². The van der Waals surface area contributed by atoms with Crippen molar-refractivity contribution in [3.8, 4) is 5.75 Å². The predicted octanol–water partition coefficient (Wildman–Crippen LogP) is 1.19. The maximum atomic E-state index is 11.2. The van der Waals surface area contributed by atoms with E-state index in [2.05, 4.69) is 10.1 Å². The van der Waals surface area contributed by atoms with Crippen LogP contribution in [0.3, 0.4) is 0 Å². The number of methoxy groups -OCH3 is 1. The molecule has 1 rings (SSSR count). The topological polar surface area (TPSA) is 95.9 Å². The van der Waals surface area contributed by atoms with E-state index < -0.39 is 11.9 Å². The van der Waals surface area contributed by atoms with Crippen molar-refractivity contribution in [3.05, 3.63) is 36.0 Å². The minimum Gasteiger partial charge on any atom is -0.507 e. The molecule has 0 amide bonds. The molecule has 1 aromatic rings. The second kappa shape index (κ2) is 5.55. The van der Waals surface area contributed by atoms with Gasteiger partial charge in [-0.1, -0.05) is 0 Å². The van der Waals surface area contributed by atoms with E-state index in [1.54, 1.807) is 0 Å². The van der Waals surface area contributed by atoms with Gasteiger partial charge in [0, 0.05) is 24.0 Å². The Hall–Kier alpha value is -2.50. The van der Waals surface area contributed by atoms with Crippen LogP contribution in [0.5, 0.6) is 5.75 Å². The van der Waals surface area contributed by atoms with Gasteiger partial charge in [-0.3, -0.25) is 0 Å². The first kappa shape index (κ1) is 12.6. The SMILES string of the molecule is COC(=O)c1ccc(NC=CC(=O)O)cc1O. The van der Waals surface area contributed by atoms with Crippen molar-refractivity contribution >= 4 is 17.6 Å². The highest BCUT2D eigenvalue weighted by atomic mass is 16.5. The van der Waals surface area contributed by atoms with Crippen LogP contribution >= 0.6 is 0 Å². The van der Waals surface area contributed by atoms with Gasteiger partial charge in [0.15, 0.2) is 0 Å². The summed E-state index contributed by atoms with van der Waals surface area (Å²) in [6, 6.07) is 4.18. The summed E-state index contributed by atoms with van der Waals surface area (Å²) in [4.78, 5) is 21.4. The third-order valence-electron chi connectivity index (χ3n) is 1.88. The van der Waals surface area contributed by atoms with Crippen molar-refractivity contribution < 1.29 is 24.5 Å². The number of hydrogen-bond acceptors (Lipinski definition) is 5. The Morgan fingerprint density at radius 1 is 1.41 bits per heavy atom. The maximum absolute atomic E-state index is 11.2. The van der Waals surface area contributed by atoms with Crippen LogP contribution in [0, 0.1) is 0 Å². The molecule has 0 aliphatic heterocycles. The van der Waals surface area contributed by atoms with Gasteiger partial charge in [-0.05, 0) is 12.1 Å². The molecule has 0 fully saturated rings. The van der Waals surface area contributed by atoms with Gasteiger partial charge in [-0.2, -0.15) is 0 Å². The van der Waals surface area contributed by atoms with Gasteiger partial charge in [0.25, 0.3) is 0 Å². The smallest absolute Gasteiger partial charge is 0.341 e. The van der Waals surface area contributed by atoms with Crippen LogP contribution in [-0.4, -0.2) is 29.3 Å². The zero-order valence-electron chi connectivity index (χ0n) is 9.01. The van der Waals surface area contributed by atoms with Crippen LogP contribution in [0.4, 0.5) is 5.69 Å². The van der Waals surface area contributed by atoms with Crippen LogP contribution in [0.25, 0.3) is 0 Å². The molecule has 17 heavy (non-hydrogen) atoms. The van der Waals surface area contributed by atoms with Gasteiger partial charge in [-0.25, -0.2) is 9.59 Å². The Bertz CT molecular complexity index is 467. The number of carboxylic acid groups (broad SMARTS) is 1. The first-order valence-electron chi connectivity index (χ1n) is 4.62. The van der Waals surface area contributed by atoms with Crippen LogP contribution in [0.15, 0.2) is 30.5 Å². The van der Waals surface area contributed by atoms with E-state index in [0.29, 0.717) is 5.69 Å². The fraction of sp³-hybridized carbons (Fsp3) is 0.0909. The fourth-order valence-corrected chi connectivity index (χ4v) is 1.11. The lowest BCUT2D eigenvalue weighted by Gasteiger charge is -2.05. The minimum atomic E-state index is -1.09. The summed E-state index contributed by atoms with van der Waals surface area (Å²) in [5, 5.41) is 20.5. The second-order valence-corrected chi connectivity index (χ2v) is 3.04. The average Bonchev–Trinajstić information content (AvgIpc) is 2.28. The predicted molar refractivity (Wildman–Crippen MR) is 59.8 cm³/mol. The number of esters is 1. The number of hydrogen-bond donors (Lipinski definition) is 3. The number of anilines is 1. The number of aromatic hydroxyl groups is 1. The third kappa shape index (κ3) is 3.53. The molecular weight excluding hydrogens is 226 g/mol. The Labute approximate surface area is 97.1 Å². The number of phenols is 1. The zero-order valence-corrected chi connectivity index (χ0v) is 9.01. The molecule has 1 aromatic carbocycles. The van der Waals surface area contributed by atoms with Crippen LogP contribution in [0.2, 0.25) is 0 Å². The highest BCUT2D eigenvalue weighted by Crippen LogP contribution is 2.22. The molecule has 0 saturated heterocycles. The molecule has 0 aliphatic carbocycles. The molecule has 0 saturated carbocycles. The Morgan fingerprint density at radius 2 is 2.12 bits per heavy atom. The third-order valence-corrected chi connectivity index (χ3v) is 1.88. The number of rotatable bonds is 4. The molecule has 0 bridgehead atoms. The largest absolute Gasteiger partial charge is 0.507 e. The van der Waals surface area contributed by atoms with Crippen LogP contribution in [-0.2, 0) is 9.53 Å². The van der Waals surface area contributed by atoms with Gasteiger partial charge in [0.05, 0.1) is 7.11 Å². The van der Waals surface area contributed by atoms with Crippen molar-refractivity contribution in [2.45, 2.75) is 0 Å². The van der Waals surface area contributed by atoms with Crippen molar-refractivity contribution in [3.63, 3.8) is 0 Å². The monoisotopic (exact) mass is 237 g/mol. The van der Waals surface area contributed by atoms with Crippen molar-refractivity contribution in [1.29, 1.82) is 0 Å².